The van der Waals surface area contributed by atoms with Crippen molar-refractivity contribution >= 4 is 11.6 Å². The third-order valence-electron chi connectivity index (χ3n) is 5.33. The van der Waals surface area contributed by atoms with Crippen LogP contribution in [0.25, 0.3) is 0 Å². The summed E-state index contributed by atoms with van der Waals surface area (Å²) in [5.74, 6) is 0.0346. The van der Waals surface area contributed by atoms with Crippen molar-refractivity contribution in [2.24, 2.45) is 0 Å². The van der Waals surface area contributed by atoms with Crippen LogP contribution < -0.4 is 10.2 Å². The topological polar surface area (TPSA) is 35.6 Å². The molecule has 1 aromatic rings. The van der Waals surface area contributed by atoms with Crippen LogP contribution in [0, 0.1) is 0 Å². The van der Waals surface area contributed by atoms with Crippen LogP contribution in [0.15, 0.2) is 24.3 Å². The first-order valence-electron chi connectivity index (χ1n) is 9.27. The highest BCUT2D eigenvalue weighted by atomic mass is 16.1. The van der Waals surface area contributed by atoms with E-state index in [-0.39, 0.29) is 11.8 Å². The fourth-order valence-electron chi connectivity index (χ4n) is 3.58. The summed E-state index contributed by atoms with van der Waals surface area (Å²) in [6, 6.07) is 9.21. The Morgan fingerprint density at radius 1 is 1.25 bits per heavy atom. The van der Waals surface area contributed by atoms with Crippen molar-refractivity contribution in [2.75, 3.05) is 32.1 Å². The van der Waals surface area contributed by atoms with E-state index in [1.54, 1.807) is 0 Å². The number of amides is 1. The van der Waals surface area contributed by atoms with Crippen LogP contribution in [0.3, 0.4) is 0 Å². The summed E-state index contributed by atoms with van der Waals surface area (Å²) in [6.45, 7) is 8.58. The molecule has 1 amide bonds. The van der Waals surface area contributed by atoms with Crippen molar-refractivity contribution in [3.8, 4) is 0 Å². The highest BCUT2D eigenvalue weighted by Gasteiger charge is 2.28. The smallest absolute Gasteiger partial charge is 0.227 e. The number of carbonyl (C=O) groups excluding carboxylic acids is 1. The zero-order chi connectivity index (χ0) is 17.7. The standard InChI is InChI=1S/C20H33N3O/c1-6-18(7-2)23-13-12-17(14-23)21-20(24)15(3)16-8-10-19(11-9-16)22(4)5/h8-11,15,17-18H,6-7,12-14H2,1-5H3,(H,21,24). The van der Waals surface area contributed by atoms with Gasteiger partial charge in [0.1, 0.15) is 0 Å². The van der Waals surface area contributed by atoms with Crippen LogP contribution in [0.2, 0.25) is 0 Å². The molecule has 0 bridgehead atoms. The van der Waals surface area contributed by atoms with Gasteiger partial charge in [-0.05, 0) is 43.9 Å². The number of nitrogens with zero attached hydrogens (tertiary/aromatic N) is 2. The second kappa shape index (κ2) is 8.52. The van der Waals surface area contributed by atoms with Crippen LogP contribution >= 0.6 is 0 Å². The summed E-state index contributed by atoms with van der Waals surface area (Å²) < 4.78 is 0. The number of benzene rings is 1. The van der Waals surface area contributed by atoms with Gasteiger partial charge in [-0.2, -0.15) is 0 Å². The van der Waals surface area contributed by atoms with Crippen molar-refractivity contribution < 1.29 is 4.79 Å². The number of nitrogens with one attached hydrogen (secondary N) is 1. The Labute approximate surface area is 147 Å². The highest BCUT2D eigenvalue weighted by molar-refractivity contribution is 5.83. The molecule has 2 rings (SSSR count). The van der Waals surface area contributed by atoms with Crippen LogP contribution in [0.5, 0.6) is 0 Å². The van der Waals surface area contributed by atoms with Crippen LogP contribution in [0.4, 0.5) is 5.69 Å². The Morgan fingerprint density at radius 3 is 2.42 bits per heavy atom. The van der Waals surface area contributed by atoms with Crippen molar-refractivity contribution in [1.82, 2.24) is 10.2 Å². The summed E-state index contributed by atoms with van der Waals surface area (Å²) >= 11 is 0. The zero-order valence-corrected chi connectivity index (χ0v) is 15.9. The summed E-state index contributed by atoms with van der Waals surface area (Å²) in [7, 11) is 4.05. The largest absolute Gasteiger partial charge is 0.378 e. The lowest BCUT2D eigenvalue weighted by Crippen LogP contribution is -2.41. The lowest BCUT2D eigenvalue weighted by molar-refractivity contribution is -0.122. The highest BCUT2D eigenvalue weighted by Crippen LogP contribution is 2.21. The van der Waals surface area contributed by atoms with E-state index in [0.29, 0.717) is 12.1 Å². The summed E-state index contributed by atoms with van der Waals surface area (Å²) in [6.07, 6.45) is 3.44. The SMILES string of the molecule is CCC(CC)N1CCC(NC(=O)C(C)c2ccc(N(C)C)cc2)C1. The molecule has 1 N–H and O–H groups in total. The number of anilines is 1. The molecule has 134 valence electrons. The Morgan fingerprint density at radius 2 is 1.88 bits per heavy atom. The average molecular weight is 332 g/mol. The Kier molecular flexibility index (Phi) is 6.67. The van der Waals surface area contributed by atoms with Gasteiger partial charge >= 0.3 is 0 Å². The second-order valence-electron chi connectivity index (χ2n) is 7.17. The quantitative estimate of drug-likeness (QED) is 0.833. The Balaban J connectivity index is 1.90. The zero-order valence-electron chi connectivity index (χ0n) is 15.9. The van der Waals surface area contributed by atoms with Crippen molar-refractivity contribution in [3.63, 3.8) is 0 Å². The molecule has 0 aromatic heterocycles. The molecular weight excluding hydrogens is 298 g/mol. The summed E-state index contributed by atoms with van der Waals surface area (Å²) in [5, 5.41) is 3.26. The number of hydrogen-bond acceptors (Lipinski definition) is 3. The lowest BCUT2D eigenvalue weighted by atomic mass is 9.99. The fourth-order valence-corrected chi connectivity index (χ4v) is 3.58. The van der Waals surface area contributed by atoms with Gasteiger partial charge < -0.3 is 10.2 Å². The predicted molar refractivity (Wildman–Crippen MR) is 102 cm³/mol. The van der Waals surface area contributed by atoms with Crippen molar-refractivity contribution in [3.05, 3.63) is 29.8 Å². The number of rotatable bonds is 7. The molecule has 1 aliphatic heterocycles. The van der Waals surface area contributed by atoms with E-state index >= 15 is 0 Å². The molecule has 1 fully saturated rings. The van der Waals surface area contributed by atoms with Gasteiger partial charge in [0, 0.05) is 45.0 Å². The van der Waals surface area contributed by atoms with E-state index in [0.717, 1.165) is 30.8 Å². The van der Waals surface area contributed by atoms with Crippen LogP contribution in [-0.2, 0) is 4.79 Å². The molecule has 1 saturated heterocycles. The van der Waals surface area contributed by atoms with Crippen LogP contribution in [0.1, 0.15) is 51.5 Å². The maximum Gasteiger partial charge on any atom is 0.227 e. The minimum absolute atomic E-state index is 0.108. The van der Waals surface area contributed by atoms with Crippen LogP contribution in [-0.4, -0.2) is 50.1 Å². The minimum atomic E-state index is -0.108. The molecule has 2 unspecified atom stereocenters. The maximum absolute atomic E-state index is 12.6. The molecule has 4 heteroatoms. The van der Waals surface area contributed by atoms with Crippen molar-refractivity contribution in [2.45, 2.75) is 58.0 Å². The van der Waals surface area contributed by atoms with Gasteiger partial charge in [0.2, 0.25) is 5.91 Å². The van der Waals surface area contributed by atoms with E-state index in [4.69, 9.17) is 0 Å². The Bertz CT molecular complexity index is 522. The maximum atomic E-state index is 12.6. The molecule has 1 aliphatic rings. The first kappa shape index (κ1) is 18.8. The minimum Gasteiger partial charge on any atom is -0.378 e. The van der Waals surface area contributed by atoms with Gasteiger partial charge in [0.15, 0.2) is 0 Å². The third-order valence-corrected chi connectivity index (χ3v) is 5.33. The van der Waals surface area contributed by atoms with E-state index in [1.807, 2.05) is 21.0 Å². The first-order chi connectivity index (χ1) is 11.5. The normalized spacial score (nSPS) is 19.5. The van der Waals surface area contributed by atoms with E-state index < -0.39 is 0 Å². The Hall–Kier alpha value is -1.55. The first-order valence-corrected chi connectivity index (χ1v) is 9.27. The molecule has 0 radical (unpaired) electrons. The number of likely N-dealkylation sites (tertiary alicyclic amines) is 1. The second-order valence-corrected chi connectivity index (χ2v) is 7.17. The van der Waals surface area contributed by atoms with E-state index in [1.165, 1.54) is 12.8 Å². The third kappa shape index (κ3) is 4.50. The van der Waals surface area contributed by atoms with Gasteiger partial charge in [0.05, 0.1) is 5.92 Å². The van der Waals surface area contributed by atoms with Gasteiger partial charge in [-0.3, -0.25) is 9.69 Å². The average Bonchev–Trinajstić information content (AvgIpc) is 3.03. The summed E-state index contributed by atoms with van der Waals surface area (Å²) in [4.78, 5) is 17.2. The molecular formula is C20H33N3O. The molecule has 1 heterocycles. The van der Waals surface area contributed by atoms with Gasteiger partial charge in [0.25, 0.3) is 0 Å². The molecule has 1 aromatic carbocycles. The molecule has 24 heavy (non-hydrogen) atoms. The summed E-state index contributed by atoms with van der Waals surface area (Å²) in [5.41, 5.74) is 2.23. The number of carbonyl (C=O) groups is 1. The molecule has 2 atom stereocenters. The molecule has 4 nitrogen and oxygen atoms in total. The molecule has 0 saturated carbocycles. The number of hydrogen-bond donors (Lipinski definition) is 1. The van der Waals surface area contributed by atoms with Crippen molar-refractivity contribution in [1.29, 1.82) is 0 Å². The monoisotopic (exact) mass is 331 g/mol. The fraction of sp³-hybridized carbons (Fsp3) is 0.650. The van der Waals surface area contributed by atoms with Gasteiger partial charge in [-0.25, -0.2) is 0 Å². The van der Waals surface area contributed by atoms with E-state index in [9.17, 15) is 4.79 Å². The lowest BCUT2D eigenvalue weighted by Gasteiger charge is -2.26. The predicted octanol–water partition coefficient (Wildman–Crippen LogP) is 3.24. The molecule has 0 aliphatic carbocycles. The molecule has 0 spiro atoms. The van der Waals surface area contributed by atoms with Gasteiger partial charge in [-0.1, -0.05) is 26.0 Å². The van der Waals surface area contributed by atoms with Gasteiger partial charge in [-0.15, -0.1) is 0 Å². The van der Waals surface area contributed by atoms with E-state index in [2.05, 4.69) is 53.2 Å².